The summed E-state index contributed by atoms with van der Waals surface area (Å²) in [4.78, 5) is 2.39. The minimum atomic E-state index is -0.655. The molecule has 2 heterocycles. The molecule has 0 saturated carbocycles. The van der Waals surface area contributed by atoms with Crippen molar-refractivity contribution in [3.05, 3.63) is 53.1 Å². The van der Waals surface area contributed by atoms with Gasteiger partial charge >= 0.3 is 0 Å². The molecule has 0 bridgehead atoms. The zero-order valence-electron chi connectivity index (χ0n) is 15.3. The van der Waals surface area contributed by atoms with E-state index in [1.807, 2.05) is 24.3 Å². The molecule has 6 heteroatoms. The lowest BCUT2D eigenvalue weighted by molar-refractivity contribution is 0.194. The number of hydrogen-bond acceptors (Lipinski definition) is 4. The third-order valence-corrected chi connectivity index (χ3v) is 6.73. The Hall–Kier alpha value is -2.08. The van der Waals surface area contributed by atoms with E-state index in [0.29, 0.717) is 5.41 Å². The second kappa shape index (κ2) is 7.15. The summed E-state index contributed by atoms with van der Waals surface area (Å²) < 4.78 is 28.2. The van der Waals surface area contributed by atoms with Crippen LogP contribution in [0.25, 0.3) is 0 Å². The molecule has 2 aromatic carbocycles. The van der Waals surface area contributed by atoms with Crippen LogP contribution in [-0.2, 0) is 0 Å². The van der Waals surface area contributed by atoms with Gasteiger partial charge in [0.1, 0.15) is 5.82 Å². The van der Waals surface area contributed by atoms with E-state index in [9.17, 15) is 8.78 Å². The van der Waals surface area contributed by atoms with E-state index in [-0.39, 0.29) is 16.8 Å². The van der Waals surface area contributed by atoms with Gasteiger partial charge in [-0.25, -0.2) is 8.78 Å². The van der Waals surface area contributed by atoms with E-state index in [1.165, 1.54) is 43.0 Å². The average molecular weight is 387 g/mol. The predicted molar refractivity (Wildman–Crippen MR) is 110 cm³/mol. The number of nitrogens with one attached hydrogen (secondary N) is 2. The summed E-state index contributed by atoms with van der Waals surface area (Å²) in [5.74, 6) is 1.25. The molecule has 2 fully saturated rings. The summed E-state index contributed by atoms with van der Waals surface area (Å²) in [6, 6.07) is 9.06. The lowest BCUT2D eigenvalue weighted by atomic mass is 9.74. The first-order chi connectivity index (χ1) is 13.0. The largest absolute Gasteiger partial charge is 0.370 e. The topological polar surface area (TPSA) is 39.1 Å². The fraction of sp³-hybridized carbons (Fsp3) is 0.381. The number of anilines is 3. The first-order valence-corrected chi connectivity index (χ1v) is 10.4. The predicted octanol–water partition coefficient (Wildman–Crippen LogP) is 5.35. The van der Waals surface area contributed by atoms with Crippen LogP contribution in [0.1, 0.15) is 24.0 Å². The zero-order chi connectivity index (χ0) is 19.0. The number of thioether (sulfide) groups is 1. The summed E-state index contributed by atoms with van der Waals surface area (Å²) in [6.45, 7) is 3.63. The molecule has 3 nitrogen and oxygen atoms in total. The Morgan fingerprint density at radius 1 is 1.15 bits per heavy atom. The summed E-state index contributed by atoms with van der Waals surface area (Å²) >= 11 is 2.06. The summed E-state index contributed by atoms with van der Waals surface area (Å²) in [6.07, 6.45) is 3.58. The second-order valence-corrected chi connectivity index (χ2v) is 8.77. The van der Waals surface area contributed by atoms with Crippen LogP contribution in [0, 0.1) is 29.4 Å². The molecule has 0 atom stereocenters. The second-order valence-electron chi connectivity index (χ2n) is 7.55. The Balaban J connectivity index is 1.48. The molecule has 2 saturated heterocycles. The van der Waals surface area contributed by atoms with Gasteiger partial charge in [-0.2, -0.15) is 11.8 Å². The van der Waals surface area contributed by atoms with Crippen LogP contribution in [0.15, 0.2) is 30.3 Å². The Kier molecular flexibility index (Phi) is 4.84. The minimum Gasteiger partial charge on any atom is -0.370 e. The molecule has 0 radical (unpaired) electrons. The van der Waals surface area contributed by atoms with Crippen molar-refractivity contribution >= 4 is 35.0 Å². The lowest BCUT2D eigenvalue weighted by Crippen LogP contribution is -2.57. The summed E-state index contributed by atoms with van der Waals surface area (Å²) in [5, 5.41) is 10.4. The smallest absolute Gasteiger partial charge is 0.153 e. The number of nitrogens with zero attached hydrogens (tertiary/aromatic N) is 1. The van der Waals surface area contributed by atoms with Gasteiger partial charge in [-0.3, -0.25) is 0 Å². The van der Waals surface area contributed by atoms with Gasteiger partial charge in [-0.15, -0.1) is 0 Å². The normalized spacial score (nSPS) is 18.3. The monoisotopic (exact) mass is 387 g/mol. The van der Waals surface area contributed by atoms with Crippen molar-refractivity contribution in [1.82, 2.24) is 0 Å². The van der Waals surface area contributed by atoms with E-state index >= 15 is 0 Å². The Labute approximate surface area is 162 Å². The molecule has 2 aromatic rings. The van der Waals surface area contributed by atoms with Crippen molar-refractivity contribution in [2.24, 2.45) is 5.41 Å². The number of hydrogen-bond donors (Lipinski definition) is 2. The van der Waals surface area contributed by atoms with Crippen molar-refractivity contribution in [1.29, 1.82) is 5.41 Å². The van der Waals surface area contributed by atoms with Gasteiger partial charge in [-0.05, 0) is 61.6 Å². The van der Waals surface area contributed by atoms with Crippen LogP contribution in [0.4, 0.5) is 25.8 Å². The van der Waals surface area contributed by atoms with E-state index in [1.54, 1.807) is 0 Å². The molecule has 0 amide bonds. The Morgan fingerprint density at radius 3 is 2.44 bits per heavy atom. The molecule has 2 N–H and O–H groups in total. The third kappa shape index (κ3) is 3.43. The molecule has 0 aromatic heterocycles. The standard InChI is InChI=1S/C21H23F2N3S/c1-14-18(22)10-15(11-24)20(19(14)23)25-16-2-4-17(5-3-16)26-12-21(13-26)6-8-27-9-7-21/h2-5,10-11,24-25H,6-9,12-13H2,1H3. The van der Waals surface area contributed by atoms with Crippen LogP contribution in [-0.4, -0.2) is 30.8 Å². The highest BCUT2D eigenvalue weighted by Crippen LogP contribution is 2.44. The van der Waals surface area contributed by atoms with Crippen molar-refractivity contribution in [3.63, 3.8) is 0 Å². The van der Waals surface area contributed by atoms with E-state index in [2.05, 4.69) is 22.0 Å². The van der Waals surface area contributed by atoms with Crippen LogP contribution in [0.5, 0.6) is 0 Å². The maximum atomic E-state index is 14.5. The van der Waals surface area contributed by atoms with Crippen molar-refractivity contribution in [3.8, 4) is 0 Å². The van der Waals surface area contributed by atoms with Crippen LogP contribution >= 0.6 is 11.8 Å². The molecular formula is C21H23F2N3S. The van der Waals surface area contributed by atoms with Gasteiger partial charge in [0.2, 0.25) is 0 Å². The van der Waals surface area contributed by atoms with Gasteiger partial charge in [0.15, 0.2) is 5.82 Å². The van der Waals surface area contributed by atoms with Crippen LogP contribution < -0.4 is 10.2 Å². The molecular weight excluding hydrogens is 364 g/mol. The van der Waals surface area contributed by atoms with E-state index in [0.717, 1.165) is 25.0 Å². The lowest BCUT2D eigenvalue weighted by Gasteiger charge is -2.53. The number of benzene rings is 2. The molecule has 2 aliphatic rings. The highest BCUT2D eigenvalue weighted by Gasteiger charge is 2.43. The molecule has 142 valence electrons. The SMILES string of the molecule is Cc1c(F)cc(C=N)c(Nc2ccc(N3CC4(CCSCC4)C3)cc2)c1F. The van der Waals surface area contributed by atoms with Gasteiger partial charge in [0.25, 0.3) is 0 Å². The van der Waals surface area contributed by atoms with Gasteiger partial charge in [0.05, 0.1) is 5.69 Å². The number of halogens is 2. The zero-order valence-corrected chi connectivity index (χ0v) is 16.1. The van der Waals surface area contributed by atoms with E-state index < -0.39 is 11.6 Å². The minimum absolute atomic E-state index is 0.0451. The maximum absolute atomic E-state index is 14.5. The van der Waals surface area contributed by atoms with Crippen molar-refractivity contribution in [2.75, 3.05) is 34.8 Å². The Morgan fingerprint density at radius 2 is 1.81 bits per heavy atom. The van der Waals surface area contributed by atoms with Gasteiger partial charge in [-0.1, -0.05) is 0 Å². The highest BCUT2D eigenvalue weighted by molar-refractivity contribution is 7.99. The molecule has 27 heavy (non-hydrogen) atoms. The summed E-state index contributed by atoms with van der Waals surface area (Å²) in [7, 11) is 0. The summed E-state index contributed by atoms with van der Waals surface area (Å²) in [5.41, 5.74) is 2.69. The fourth-order valence-corrected chi connectivity index (χ4v) is 5.30. The fourth-order valence-electron chi connectivity index (χ4n) is 3.94. The molecule has 1 spiro atoms. The van der Waals surface area contributed by atoms with Crippen molar-refractivity contribution < 1.29 is 8.78 Å². The quantitative estimate of drug-likeness (QED) is 0.695. The van der Waals surface area contributed by atoms with Crippen LogP contribution in [0.2, 0.25) is 0 Å². The first-order valence-electron chi connectivity index (χ1n) is 9.20. The molecule has 4 rings (SSSR count). The average Bonchev–Trinajstić information content (AvgIpc) is 2.67. The third-order valence-electron chi connectivity index (χ3n) is 5.74. The first kappa shape index (κ1) is 18.3. The maximum Gasteiger partial charge on any atom is 0.153 e. The highest BCUT2D eigenvalue weighted by atomic mass is 32.2. The number of rotatable bonds is 4. The molecule has 2 aliphatic heterocycles. The molecule has 0 aliphatic carbocycles. The van der Waals surface area contributed by atoms with E-state index in [4.69, 9.17) is 5.41 Å². The van der Waals surface area contributed by atoms with Gasteiger partial charge in [0, 0.05) is 47.2 Å². The van der Waals surface area contributed by atoms with Crippen molar-refractivity contribution in [2.45, 2.75) is 19.8 Å². The van der Waals surface area contributed by atoms with Gasteiger partial charge < -0.3 is 15.6 Å². The molecule has 0 unspecified atom stereocenters. The Bertz CT molecular complexity index is 853. The van der Waals surface area contributed by atoms with Crippen LogP contribution in [0.3, 0.4) is 0 Å².